The normalized spacial score (nSPS) is 10.6. The van der Waals surface area contributed by atoms with Crippen molar-refractivity contribution in [1.29, 1.82) is 0 Å². The standard InChI is InChI=1S/C15H16N2/c1-2-13-8-10-14(11-9-13)12-16-17-15-6-4-3-5-7-15/h3-12,17H,2H2,1H3/b16-12+. The van der Waals surface area contributed by atoms with Crippen molar-refractivity contribution in [3.05, 3.63) is 65.7 Å². The Morgan fingerprint density at radius 1 is 1.00 bits per heavy atom. The van der Waals surface area contributed by atoms with Gasteiger partial charge < -0.3 is 0 Å². The Morgan fingerprint density at radius 3 is 2.35 bits per heavy atom. The summed E-state index contributed by atoms with van der Waals surface area (Å²) in [4.78, 5) is 0. The van der Waals surface area contributed by atoms with Gasteiger partial charge in [0.15, 0.2) is 0 Å². The van der Waals surface area contributed by atoms with Gasteiger partial charge in [0.2, 0.25) is 0 Å². The van der Waals surface area contributed by atoms with Crippen molar-refractivity contribution in [2.24, 2.45) is 5.10 Å². The third-order valence-corrected chi connectivity index (χ3v) is 2.57. The van der Waals surface area contributed by atoms with Gasteiger partial charge >= 0.3 is 0 Å². The Kier molecular flexibility index (Phi) is 3.92. The van der Waals surface area contributed by atoms with Gasteiger partial charge in [-0.15, -0.1) is 0 Å². The first kappa shape index (κ1) is 11.4. The molecule has 0 aliphatic rings. The molecule has 2 nitrogen and oxygen atoms in total. The summed E-state index contributed by atoms with van der Waals surface area (Å²) < 4.78 is 0. The maximum atomic E-state index is 4.19. The molecule has 2 aromatic carbocycles. The van der Waals surface area contributed by atoms with Crippen LogP contribution in [-0.2, 0) is 6.42 Å². The number of nitrogens with one attached hydrogen (secondary N) is 1. The van der Waals surface area contributed by atoms with Crippen LogP contribution in [0.25, 0.3) is 0 Å². The fourth-order valence-electron chi connectivity index (χ4n) is 1.53. The summed E-state index contributed by atoms with van der Waals surface area (Å²) >= 11 is 0. The zero-order chi connectivity index (χ0) is 11.9. The highest BCUT2D eigenvalue weighted by atomic mass is 15.3. The van der Waals surface area contributed by atoms with Crippen molar-refractivity contribution >= 4 is 11.9 Å². The van der Waals surface area contributed by atoms with Crippen LogP contribution in [0.1, 0.15) is 18.1 Å². The number of hydrazone groups is 1. The average molecular weight is 224 g/mol. The lowest BCUT2D eigenvalue weighted by Crippen LogP contribution is -1.90. The van der Waals surface area contributed by atoms with Crippen molar-refractivity contribution in [1.82, 2.24) is 0 Å². The average Bonchev–Trinajstić information content (AvgIpc) is 2.41. The van der Waals surface area contributed by atoms with Gasteiger partial charge in [-0.1, -0.05) is 49.4 Å². The molecule has 0 radical (unpaired) electrons. The van der Waals surface area contributed by atoms with Crippen LogP contribution in [-0.4, -0.2) is 6.21 Å². The third-order valence-electron chi connectivity index (χ3n) is 2.57. The second kappa shape index (κ2) is 5.85. The molecular formula is C15H16N2. The number of benzene rings is 2. The largest absolute Gasteiger partial charge is 0.279 e. The maximum Gasteiger partial charge on any atom is 0.0561 e. The van der Waals surface area contributed by atoms with Crippen molar-refractivity contribution in [3.63, 3.8) is 0 Å². The quantitative estimate of drug-likeness (QED) is 0.621. The molecule has 0 saturated carbocycles. The molecule has 2 aromatic rings. The van der Waals surface area contributed by atoms with Crippen LogP contribution < -0.4 is 5.43 Å². The van der Waals surface area contributed by atoms with Crippen LogP contribution in [0.15, 0.2) is 59.7 Å². The molecule has 2 heteroatoms. The first-order chi connectivity index (χ1) is 8.38. The monoisotopic (exact) mass is 224 g/mol. The first-order valence-electron chi connectivity index (χ1n) is 5.81. The van der Waals surface area contributed by atoms with E-state index < -0.39 is 0 Å². The van der Waals surface area contributed by atoms with Gasteiger partial charge in [-0.25, -0.2) is 0 Å². The van der Waals surface area contributed by atoms with Gasteiger partial charge in [0, 0.05) is 0 Å². The Bertz CT molecular complexity index is 472. The predicted octanol–water partition coefficient (Wildman–Crippen LogP) is 3.70. The third kappa shape index (κ3) is 3.45. The molecule has 0 heterocycles. The smallest absolute Gasteiger partial charge is 0.0561 e. The summed E-state index contributed by atoms with van der Waals surface area (Å²) in [5.41, 5.74) is 6.43. The second-order valence-electron chi connectivity index (χ2n) is 3.83. The van der Waals surface area contributed by atoms with E-state index in [4.69, 9.17) is 0 Å². The van der Waals surface area contributed by atoms with Gasteiger partial charge in [0.05, 0.1) is 11.9 Å². The summed E-state index contributed by atoms with van der Waals surface area (Å²) in [7, 11) is 0. The number of nitrogens with zero attached hydrogens (tertiary/aromatic N) is 1. The van der Waals surface area contributed by atoms with E-state index in [1.54, 1.807) is 0 Å². The molecule has 0 amide bonds. The molecule has 0 saturated heterocycles. The summed E-state index contributed by atoms with van der Waals surface area (Å²) in [5, 5.41) is 4.19. The van der Waals surface area contributed by atoms with Gasteiger partial charge in [-0.2, -0.15) is 5.10 Å². The topological polar surface area (TPSA) is 24.4 Å². The van der Waals surface area contributed by atoms with Crippen molar-refractivity contribution in [2.75, 3.05) is 5.43 Å². The molecule has 2 rings (SSSR count). The number of rotatable bonds is 4. The minimum Gasteiger partial charge on any atom is -0.279 e. The maximum absolute atomic E-state index is 4.19. The van der Waals surface area contributed by atoms with Crippen LogP contribution in [0.2, 0.25) is 0 Å². The lowest BCUT2D eigenvalue weighted by molar-refractivity contribution is 1.14. The SMILES string of the molecule is CCc1ccc(/C=N/Nc2ccccc2)cc1. The summed E-state index contributed by atoms with van der Waals surface area (Å²) in [6, 6.07) is 18.3. The Balaban J connectivity index is 1.96. The molecule has 0 fully saturated rings. The summed E-state index contributed by atoms with van der Waals surface area (Å²) in [5.74, 6) is 0. The zero-order valence-corrected chi connectivity index (χ0v) is 9.93. The zero-order valence-electron chi connectivity index (χ0n) is 9.93. The molecule has 86 valence electrons. The number of aryl methyl sites for hydroxylation is 1. The molecule has 0 aromatic heterocycles. The molecule has 0 atom stereocenters. The van der Waals surface area contributed by atoms with Crippen LogP contribution in [0.3, 0.4) is 0 Å². The molecule has 0 aliphatic heterocycles. The molecule has 1 N–H and O–H groups in total. The minimum atomic E-state index is 0.994. The van der Waals surface area contributed by atoms with Crippen LogP contribution in [0, 0.1) is 0 Å². The molecule has 0 spiro atoms. The summed E-state index contributed by atoms with van der Waals surface area (Å²) in [6.07, 6.45) is 2.89. The van der Waals surface area contributed by atoms with Crippen molar-refractivity contribution in [3.8, 4) is 0 Å². The fourth-order valence-corrected chi connectivity index (χ4v) is 1.53. The predicted molar refractivity (Wildman–Crippen MR) is 73.5 cm³/mol. The fraction of sp³-hybridized carbons (Fsp3) is 0.133. The van der Waals surface area contributed by atoms with E-state index in [-0.39, 0.29) is 0 Å². The molecular weight excluding hydrogens is 208 g/mol. The van der Waals surface area contributed by atoms with Crippen molar-refractivity contribution in [2.45, 2.75) is 13.3 Å². The van der Waals surface area contributed by atoms with Gasteiger partial charge in [-0.05, 0) is 29.7 Å². The van der Waals surface area contributed by atoms with E-state index in [1.807, 2.05) is 36.5 Å². The Morgan fingerprint density at radius 2 is 1.71 bits per heavy atom. The second-order valence-corrected chi connectivity index (χ2v) is 3.83. The molecule has 0 bridgehead atoms. The van der Waals surface area contributed by atoms with E-state index in [0.717, 1.165) is 17.7 Å². The van der Waals surface area contributed by atoms with Gasteiger partial charge in [0.25, 0.3) is 0 Å². The van der Waals surface area contributed by atoms with E-state index in [0.29, 0.717) is 0 Å². The minimum absolute atomic E-state index is 0.994. The van der Waals surface area contributed by atoms with E-state index in [2.05, 4.69) is 41.7 Å². The lowest BCUT2D eigenvalue weighted by atomic mass is 10.1. The number of hydrogen-bond donors (Lipinski definition) is 1. The van der Waals surface area contributed by atoms with Crippen LogP contribution in [0.5, 0.6) is 0 Å². The summed E-state index contributed by atoms with van der Waals surface area (Å²) in [6.45, 7) is 2.15. The van der Waals surface area contributed by atoms with Crippen LogP contribution in [0.4, 0.5) is 5.69 Å². The number of para-hydroxylation sites is 1. The van der Waals surface area contributed by atoms with Gasteiger partial charge in [-0.3, -0.25) is 5.43 Å². The Hall–Kier alpha value is -2.09. The van der Waals surface area contributed by atoms with Gasteiger partial charge in [0.1, 0.15) is 0 Å². The number of anilines is 1. The Labute approximate surface area is 102 Å². The molecule has 17 heavy (non-hydrogen) atoms. The van der Waals surface area contributed by atoms with Crippen molar-refractivity contribution < 1.29 is 0 Å². The molecule has 0 unspecified atom stereocenters. The highest BCUT2D eigenvalue weighted by Gasteiger charge is 1.90. The lowest BCUT2D eigenvalue weighted by Gasteiger charge is -1.99. The van der Waals surface area contributed by atoms with E-state index >= 15 is 0 Å². The highest BCUT2D eigenvalue weighted by Crippen LogP contribution is 2.05. The van der Waals surface area contributed by atoms with E-state index in [1.165, 1.54) is 5.56 Å². The highest BCUT2D eigenvalue weighted by molar-refractivity contribution is 5.80. The van der Waals surface area contributed by atoms with Crippen LogP contribution >= 0.6 is 0 Å². The molecule has 0 aliphatic carbocycles. The number of hydrogen-bond acceptors (Lipinski definition) is 2. The van der Waals surface area contributed by atoms with E-state index in [9.17, 15) is 0 Å². The first-order valence-corrected chi connectivity index (χ1v) is 5.81.